The van der Waals surface area contributed by atoms with Gasteiger partial charge in [0, 0.05) is 39.4 Å². The molecule has 0 aliphatic carbocycles. The molecule has 1 heterocycles. The van der Waals surface area contributed by atoms with Crippen molar-refractivity contribution in [2.75, 3.05) is 40.6 Å². The monoisotopic (exact) mass is 757 g/mol. The molecule has 1 aromatic carbocycles. The molecule has 3 atom stereocenters. The number of hydrogen-bond acceptors (Lipinski definition) is 10. The third kappa shape index (κ3) is 16.9. The van der Waals surface area contributed by atoms with Crippen molar-refractivity contribution in [2.24, 2.45) is 5.92 Å². The van der Waals surface area contributed by atoms with Crippen molar-refractivity contribution in [1.82, 2.24) is 5.32 Å². The van der Waals surface area contributed by atoms with Crippen LogP contribution in [-0.2, 0) is 44.5 Å². The van der Waals surface area contributed by atoms with E-state index in [1.807, 2.05) is 6.08 Å². The Bertz CT molecular complexity index is 1340. The van der Waals surface area contributed by atoms with Crippen molar-refractivity contribution >= 4 is 17.8 Å². The summed E-state index contributed by atoms with van der Waals surface area (Å²) in [5, 5.41) is 14.7. The molecular weight excluding hydrogens is 690 g/mol. The lowest BCUT2D eigenvalue weighted by molar-refractivity contribution is -0.185. The van der Waals surface area contributed by atoms with Crippen LogP contribution in [0, 0.1) is 17.8 Å². The van der Waals surface area contributed by atoms with Gasteiger partial charge in [0.05, 0.1) is 26.2 Å². The van der Waals surface area contributed by atoms with Crippen LogP contribution in [0.4, 0.5) is 0 Å². The zero-order valence-corrected chi connectivity index (χ0v) is 34.0. The lowest BCUT2D eigenvalue weighted by Gasteiger charge is -2.35. The maximum absolute atomic E-state index is 14.1. The lowest BCUT2D eigenvalue weighted by atomic mass is 9.82. The summed E-state index contributed by atoms with van der Waals surface area (Å²) in [4.78, 5) is 40.7. The van der Waals surface area contributed by atoms with Gasteiger partial charge in [-0.05, 0) is 71.1 Å². The number of amides is 1. The van der Waals surface area contributed by atoms with Crippen LogP contribution in [0.1, 0.15) is 124 Å². The first kappa shape index (κ1) is 46.7. The number of nitrogens with one attached hydrogen (secondary N) is 1. The van der Waals surface area contributed by atoms with Crippen LogP contribution in [-0.4, -0.2) is 86.6 Å². The van der Waals surface area contributed by atoms with Crippen molar-refractivity contribution < 1.29 is 47.9 Å². The fraction of sp³-hybridized carbons (Fsp3) is 0.698. The van der Waals surface area contributed by atoms with Gasteiger partial charge >= 0.3 is 11.9 Å². The minimum atomic E-state index is -2.28. The highest BCUT2D eigenvalue weighted by Crippen LogP contribution is 2.32. The van der Waals surface area contributed by atoms with E-state index in [2.05, 4.69) is 24.1 Å². The van der Waals surface area contributed by atoms with Gasteiger partial charge in [-0.25, -0.2) is 9.59 Å². The van der Waals surface area contributed by atoms with E-state index >= 15 is 0 Å². The molecule has 0 radical (unpaired) electrons. The van der Waals surface area contributed by atoms with Gasteiger partial charge in [0.25, 0.3) is 0 Å². The van der Waals surface area contributed by atoms with Gasteiger partial charge in [-0.2, -0.15) is 0 Å². The number of allylic oxidation sites excluding steroid dienone is 1. The molecule has 11 heteroatoms. The predicted octanol–water partition coefficient (Wildman–Crippen LogP) is 7.01. The molecule has 11 nitrogen and oxygen atoms in total. The van der Waals surface area contributed by atoms with E-state index in [-0.39, 0.29) is 26.1 Å². The second-order valence-corrected chi connectivity index (χ2v) is 14.9. The molecule has 2 N–H and O–H groups in total. The highest BCUT2D eigenvalue weighted by atomic mass is 16.7. The minimum absolute atomic E-state index is 0.0142. The number of benzene rings is 1. The number of esters is 2. The minimum Gasteiger partial charge on any atom is -0.481 e. The molecule has 0 spiro atoms. The third-order valence-corrected chi connectivity index (χ3v) is 9.37. The first-order chi connectivity index (χ1) is 25.8. The average Bonchev–Trinajstić information content (AvgIpc) is 3.61. The molecule has 0 bridgehead atoms. The average molecular weight is 758 g/mol. The topological polar surface area (TPSA) is 139 Å². The van der Waals surface area contributed by atoms with Gasteiger partial charge in [-0.3, -0.25) is 4.79 Å². The quantitative estimate of drug-likeness (QED) is 0.0439. The van der Waals surface area contributed by atoms with Crippen molar-refractivity contribution in [3.63, 3.8) is 0 Å². The van der Waals surface area contributed by atoms with E-state index in [0.717, 1.165) is 50.5 Å². The van der Waals surface area contributed by atoms with Crippen LogP contribution in [0.25, 0.3) is 0 Å². The summed E-state index contributed by atoms with van der Waals surface area (Å²) in [6.45, 7) is 10.5. The van der Waals surface area contributed by atoms with E-state index in [1.165, 1.54) is 39.9 Å². The molecular formula is C43H67NO10. The van der Waals surface area contributed by atoms with Crippen molar-refractivity contribution in [3.05, 3.63) is 42.0 Å². The fourth-order valence-electron chi connectivity index (χ4n) is 6.37. The maximum Gasteiger partial charge on any atom is 0.339 e. The molecule has 0 aromatic heterocycles. The number of ether oxygens (including phenoxy) is 6. The first-order valence-corrected chi connectivity index (χ1v) is 19.7. The van der Waals surface area contributed by atoms with Gasteiger partial charge in [-0.1, -0.05) is 75.7 Å². The number of rotatable bonds is 26. The summed E-state index contributed by atoms with van der Waals surface area (Å²) in [7, 11) is 2.68. The summed E-state index contributed by atoms with van der Waals surface area (Å²) in [5.41, 5.74) is -2.48. The highest BCUT2D eigenvalue weighted by molar-refractivity contribution is 5.93. The molecule has 1 saturated heterocycles. The Kier molecular flexibility index (Phi) is 21.5. The van der Waals surface area contributed by atoms with Crippen LogP contribution < -0.4 is 10.1 Å². The zero-order valence-electron chi connectivity index (χ0n) is 34.0. The van der Waals surface area contributed by atoms with E-state index in [4.69, 9.17) is 28.4 Å². The summed E-state index contributed by atoms with van der Waals surface area (Å²) in [6, 6.07) is 5.97. The number of hydrogen-bond donors (Lipinski definition) is 2. The van der Waals surface area contributed by atoms with E-state index in [1.54, 1.807) is 58.0 Å². The van der Waals surface area contributed by atoms with Crippen LogP contribution in [0.5, 0.6) is 5.75 Å². The summed E-state index contributed by atoms with van der Waals surface area (Å²) in [5.74, 6) is 2.03. The van der Waals surface area contributed by atoms with Gasteiger partial charge in [0.1, 0.15) is 24.0 Å². The number of carbonyl (C=O) groups is 3. The Labute approximate surface area is 324 Å². The third-order valence-electron chi connectivity index (χ3n) is 9.37. The normalized spacial score (nSPS) is 16.1. The highest BCUT2D eigenvalue weighted by Gasteiger charge is 2.49. The van der Waals surface area contributed by atoms with Crippen molar-refractivity contribution in [3.8, 4) is 17.6 Å². The Hall–Kier alpha value is -3.43. The molecule has 1 aliphatic heterocycles. The first-order valence-electron chi connectivity index (χ1n) is 19.7. The Morgan fingerprint density at radius 1 is 0.963 bits per heavy atom. The molecule has 304 valence electrons. The van der Waals surface area contributed by atoms with E-state index in [0.29, 0.717) is 25.4 Å². The second kappa shape index (κ2) is 24.9. The van der Waals surface area contributed by atoms with Gasteiger partial charge in [0.15, 0.2) is 11.4 Å². The SMILES string of the molecule is CC#CCOc1ccc(C[C@H](NC(=O)[C@@H](/C=C/CCCCCCC2(CCCCCCC)OCCO2)[C@@](O)(CCOC)C(=O)OC(C)(C)C)C(=O)OC)cc1. The molecule has 0 unspecified atom stereocenters. The number of methoxy groups -OCH3 is 2. The molecule has 1 fully saturated rings. The van der Waals surface area contributed by atoms with E-state index < -0.39 is 46.8 Å². The summed E-state index contributed by atoms with van der Waals surface area (Å²) in [6.07, 6.45) is 15.5. The second-order valence-electron chi connectivity index (χ2n) is 14.9. The molecule has 1 amide bonds. The van der Waals surface area contributed by atoms with Gasteiger partial charge in [-0.15, -0.1) is 5.92 Å². The molecule has 2 rings (SSSR count). The fourth-order valence-corrected chi connectivity index (χ4v) is 6.37. The Balaban J connectivity index is 2.16. The van der Waals surface area contributed by atoms with Gasteiger partial charge in [0.2, 0.25) is 5.91 Å². The standard InChI is InChI=1S/C43H67NO10/c1-8-10-12-16-19-26-42(52-31-32-53-42)27-20-17-14-13-15-18-21-36(43(48,28-30-49-6)40(47)54-41(3,4)5)38(45)44-37(39(46)50-7)33-34-22-24-35(25-23-34)51-29-11-9-2/h18,21-25,36-37,48H,8,10,12-17,19-20,26-33H2,1-7H3,(H,44,45)/b21-18+/t36-,37+,43+/m1/s1. The van der Waals surface area contributed by atoms with Crippen molar-refractivity contribution in [1.29, 1.82) is 0 Å². The summed E-state index contributed by atoms with van der Waals surface area (Å²) < 4.78 is 33.6. The van der Waals surface area contributed by atoms with Crippen molar-refractivity contribution in [2.45, 2.75) is 148 Å². The van der Waals surface area contributed by atoms with E-state index in [9.17, 15) is 19.5 Å². The molecule has 1 aliphatic rings. The Morgan fingerprint density at radius 2 is 1.59 bits per heavy atom. The predicted molar refractivity (Wildman–Crippen MR) is 209 cm³/mol. The largest absolute Gasteiger partial charge is 0.481 e. The molecule has 1 aromatic rings. The number of unbranched alkanes of at least 4 members (excludes halogenated alkanes) is 8. The maximum atomic E-state index is 14.1. The number of aliphatic hydroxyl groups is 1. The Morgan fingerprint density at radius 3 is 2.17 bits per heavy atom. The zero-order chi connectivity index (χ0) is 39.9. The van der Waals surface area contributed by atoms with Crippen LogP contribution in [0.3, 0.4) is 0 Å². The summed E-state index contributed by atoms with van der Waals surface area (Å²) >= 11 is 0. The van der Waals surface area contributed by atoms with Crippen LogP contribution >= 0.6 is 0 Å². The molecule has 0 saturated carbocycles. The van der Waals surface area contributed by atoms with Crippen LogP contribution in [0.2, 0.25) is 0 Å². The molecule has 54 heavy (non-hydrogen) atoms. The number of carbonyl (C=O) groups excluding carboxylic acids is 3. The van der Waals surface area contributed by atoms with Crippen LogP contribution in [0.15, 0.2) is 36.4 Å². The van der Waals surface area contributed by atoms with Gasteiger partial charge < -0.3 is 38.8 Å². The smallest absolute Gasteiger partial charge is 0.339 e. The lowest BCUT2D eigenvalue weighted by Crippen LogP contribution is -2.56.